The van der Waals surface area contributed by atoms with Crippen LogP contribution in [0.5, 0.6) is 0 Å². The monoisotopic (exact) mass is 370 g/mol. The van der Waals surface area contributed by atoms with Gasteiger partial charge in [0.05, 0.1) is 5.75 Å². The lowest BCUT2D eigenvalue weighted by atomic mass is 10.1. The molecule has 1 amide bonds. The highest BCUT2D eigenvalue weighted by molar-refractivity contribution is 7.99. The van der Waals surface area contributed by atoms with Crippen molar-refractivity contribution in [1.29, 1.82) is 0 Å². The molecule has 0 atom stereocenters. The van der Waals surface area contributed by atoms with E-state index >= 15 is 0 Å². The third-order valence-electron chi connectivity index (χ3n) is 4.98. The van der Waals surface area contributed by atoms with Crippen LogP contribution in [0.4, 0.5) is 5.69 Å². The van der Waals surface area contributed by atoms with Gasteiger partial charge in [0.1, 0.15) is 5.82 Å². The summed E-state index contributed by atoms with van der Waals surface area (Å²) < 4.78 is 2.16. The van der Waals surface area contributed by atoms with Crippen LogP contribution in [0.25, 0.3) is 0 Å². The van der Waals surface area contributed by atoms with Crippen LogP contribution in [0.1, 0.15) is 48.3 Å². The minimum Gasteiger partial charge on any atom is -0.312 e. The van der Waals surface area contributed by atoms with Crippen LogP contribution in [0, 0.1) is 0 Å². The molecule has 0 radical (unpaired) electrons. The van der Waals surface area contributed by atoms with Crippen molar-refractivity contribution in [2.45, 2.75) is 50.2 Å². The van der Waals surface area contributed by atoms with Gasteiger partial charge in [0.15, 0.2) is 10.9 Å². The van der Waals surface area contributed by atoms with E-state index in [-0.39, 0.29) is 11.7 Å². The highest BCUT2D eigenvalue weighted by Crippen LogP contribution is 2.24. The molecule has 2 aromatic rings. The fourth-order valence-corrected chi connectivity index (χ4v) is 4.40. The van der Waals surface area contributed by atoms with Crippen molar-refractivity contribution in [3.05, 3.63) is 35.7 Å². The van der Waals surface area contributed by atoms with Gasteiger partial charge >= 0.3 is 0 Å². The number of amides is 1. The number of anilines is 1. The van der Waals surface area contributed by atoms with E-state index in [0.717, 1.165) is 55.4 Å². The van der Waals surface area contributed by atoms with Crippen molar-refractivity contribution in [2.24, 2.45) is 0 Å². The molecule has 0 aliphatic carbocycles. The molecule has 1 fully saturated rings. The van der Waals surface area contributed by atoms with Gasteiger partial charge in [0.25, 0.3) is 0 Å². The summed E-state index contributed by atoms with van der Waals surface area (Å²) in [6.07, 6.45) is 6.01. The number of fused-ring (bicyclic) bond motifs is 1. The zero-order valence-electron chi connectivity index (χ0n) is 14.7. The third-order valence-corrected chi connectivity index (χ3v) is 5.95. The molecule has 1 saturated heterocycles. The maximum absolute atomic E-state index is 12.5. The zero-order chi connectivity index (χ0) is 17.9. The molecule has 1 aromatic carbocycles. The van der Waals surface area contributed by atoms with E-state index < -0.39 is 0 Å². The third kappa shape index (κ3) is 3.53. The normalized spacial score (nSPS) is 17.2. The minimum absolute atomic E-state index is 0.0697. The van der Waals surface area contributed by atoms with Gasteiger partial charge in [0, 0.05) is 37.2 Å². The van der Waals surface area contributed by atoms with E-state index in [4.69, 9.17) is 0 Å². The Morgan fingerprint density at radius 3 is 2.62 bits per heavy atom. The first-order chi connectivity index (χ1) is 12.7. The molecular formula is C19H22N4O2S. The molecule has 0 bridgehead atoms. The number of rotatable bonds is 5. The number of thioether (sulfide) groups is 1. The van der Waals surface area contributed by atoms with Crippen molar-refractivity contribution >= 4 is 29.1 Å². The van der Waals surface area contributed by atoms with Gasteiger partial charge in [-0.25, -0.2) is 0 Å². The molecule has 0 spiro atoms. The number of aromatic nitrogens is 3. The predicted octanol–water partition coefficient (Wildman–Crippen LogP) is 3.11. The largest absolute Gasteiger partial charge is 0.312 e. The van der Waals surface area contributed by atoms with Crippen molar-refractivity contribution in [2.75, 3.05) is 17.2 Å². The van der Waals surface area contributed by atoms with E-state index in [1.54, 1.807) is 4.90 Å². The smallest absolute Gasteiger partial charge is 0.227 e. The van der Waals surface area contributed by atoms with Crippen LogP contribution >= 0.6 is 11.8 Å². The van der Waals surface area contributed by atoms with Crippen LogP contribution in [0.15, 0.2) is 29.4 Å². The zero-order valence-corrected chi connectivity index (χ0v) is 15.5. The average molecular weight is 370 g/mol. The molecule has 0 N–H and O–H groups in total. The lowest BCUT2D eigenvalue weighted by Crippen LogP contribution is -2.23. The summed E-state index contributed by atoms with van der Waals surface area (Å²) in [5.74, 6) is 1.62. The van der Waals surface area contributed by atoms with Crippen LogP contribution < -0.4 is 4.90 Å². The standard InChI is InChI=1S/C19H22N4O2S/c24-16(13-26-19-21-20-17-5-2-1-3-11-23(17)19)14-7-9-15(10-8-14)22-12-4-6-18(22)25/h7-10H,1-6,11-13H2. The Morgan fingerprint density at radius 1 is 1.00 bits per heavy atom. The molecule has 0 unspecified atom stereocenters. The van der Waals surface area contributed by atoms with E-state index in [9.17, 15) is 9.59 Å². The number of hydrogen-bond acceptors (Lipinski definition) is 5. The van der Waals surface area contributed by atoms with E-state index in [0.29, 0.717) is 17.7 Å². The number of carbonyl (C=O) groups is 2. The molecular weight excluding hydrogens is 348 g/mol. The maximum atomic E-state index is 12.5. The fourth-order valence-electron chi connectivity index (χ4n) is 3.53. The number of Topliss-reactive ketones (excluding diaryl/α,β-unsaturated/α-hetero) is 1. The maximum Gasteiger partial charge on any atom is 0.227 e. The minimum atomic E-state index is 0.0697. The molecule has 1 aromatic heterocycles. The topological polar surface area (TPSA) is 68.1 Å². The molecule has 0 saturated carbocycles. The predicted molar refractivity (Wildman–Crippen MR) is 101 cm³/mol. The molecule has 26 heavy (non-hydrogen) atoms. The fraction of sp³-hybridized carbons (Fsp3) is 0.474. The van der Waals surface area contributed by atoms with Crippen molar-refractivity contribution in [3.8, 4) is 0 Å². The molecule has 6 nitrogen and oxygen atoms in total. The van der Waals surface area contributed by atoms with Gasteiger partial charge in [0.2, 0.25) is 5.91 Å². The molecule has 7 heteroatoms. The second-order valence-corrected chi connectivity index (χ2v) is 7.71. The number of aryl methyl sites for hydroxylation is 1. The SMILES string of the molecule is O=C(CSc1nnc2n1CCCCC2)c1ccc(N2CCCC2=O)cc1. The molecule has 4 rings (SSSR count). The Morgan fingerprint density at radius 2 is 1.85 bits per heavy atom. The lowest BCUT2D eigenvalue weighted by molar-refractivity contribution is -0.117. The first-order valence-electron chi connectivity index (χ1n) is 9.21. The van der Waals surface area contributed by atoms with E-state index in [2.05, 4.69) is 14.8 Å². The second kappa shape index (κ2) is 7.61. The van der Waals surface area contributed by atoms with Gasteiger partial charge in [-0.1, -0.05) is 18.2 Å². The lowest BCUT2D eigenvalue weighted by Gasteiger charge is -2.15. The van der Waals surface area contributed by atoms with Gasteiger partial charge in [-0.2, -0.15) is 0 Å². The number of carbonyl (C=O) groups excluding carboxylic acids is 2. The number of hydrogen-bond donors (Lipinski definition) is 0. The molecule has 136 valence electrons. The number of benzene rings is 1. The Labute approximate surface area is 157 Å². The summed E-state index contributed by atoms with van der Waals surface area (Å²) in [7, 11) is 0. The Bertz CT molecular complexity index is 815. The van der Waals surface area contributed by atoms with E-state index in [1.807, 2.05) is 24.3 Å². The average Bonchev–Trinajstić information content (AvgIpc) is 3.18. The summed E-state index contributed by atoms with van der Waals surface area (Å²) in [6, 6.07) is 7.36. The van der Waals surface area contributed by atoms with Gasteiger partial charge < -0.3 is 9.47 Å². The van der Waals surface area contributed by atoms with Crippen molar-refractivity contribution in [3.63, 3.8) is 0 Å². The summed E-state index contributed by atoms with van der Waals surface area (Å²) in [4.78, 5) is 26.1. The highest BCUT2D eigenvalue weighted by atomic mass is 32.2. The van der Waals surface area contributed by atoms with Crippen LogP contribution in [-0.4, -0.2) is 38.8 Å². The summed E-state index contributed by atoms with van der Waals surface area (Å²) >= 11 is 1.46. The molecule has 2 aliphatic heterocycles. The Balaban J connectivity index is 1.39. The van der Waals surface area contributed by atoms with Crippen molar-refractivity contribution < 1.29 is 9.59 Å². The Hall–Kier alpha value is -2.15. The first kappa shape index (κ1) is 17.3. The first-order valence-corrected chi connectivity index (χ1v) is 10.2. The number of ketones is 1. The van der Waals surface area contributed by atoms with Gasteiger partial charge in [-0.3, -0.25) is 9.59 Å². The highest BCUT2D eigenvalue weighted by Gasteiger charge is 2.22. The summed E-state index contributed by atoms with van der Waals surface area (Å²) in [6.45, 7) is 1.71. The van der Waals surface area contributed by atoms with Crippen LogP contribution in [-0.2, 0) is 17.8 Å². The quantitative estimate of drug-likeness (QED) is 0.598. The second-order valence-electron chi connectivity index (χ2n) is 6.77. The van der Waals surface area contributed by atoms with Crippen molar-refractivity contribution in [1.82, 2.24) is 14.8 Å². The van der Waals surface area contributed by atoms with E-state index in [1.165, 1.54) is 18.2 Å². The summed E-state index contributed by atoms with van der Waals surface area (Å²) in [5.41, 5.74) is 1.54. The summed E-state index contributed by atoms with van der Waals surface area (Å²) in [5, 5.41) is 9.38. The van der Waals surface area contributed by atoms with Crippen LogP contribution in [0.2, 0.25) is 0 Å². The Kier molecular flexibility index (Phi) is 5.06. The van der Waals surface area contributed by atoms with Gasteiger partial charge in [-0.15, -0.1) is 10.2 Å². The van der Waals surface area contributed by atoms with Gasteiger partial charge in [-0.05, 0) is 43.5 Å². The number of nitrogens with zero attached hydrogens (tertiary/aromatic N) is 4. The van der Waals surface area contributed by atoms with Crippen LogP contribution in [0.3, 0.4) is 0 Å². The molecule has 3 heterocycles. The molecule has 2 aliphatic rings.